The Morgan fingerprint density at radius 3 is 2.08 bits per heavy atom. The fourth-order valence-electron chi connectivity index (χ4n) is 6.33. The van der Waals surface area contributed by atoms with E-state index in [1.165, 1.54) is 58.9 Å². The molecular weight excluding hydrogens is 487 g/mol. The number of benzene rings is 3. The maximum atomic E-state index is 6.87. The Balaban J connectivity index is 1.55. The van der Waals surface area contributed by atoms with Gasteiger partial charge in [0.25, 0.3) is 6.71 Å². The van der Waals surface area contributed by atoms with E-state index < -0.39 is 0 Å². The van der Waals surface area contributed by atoms with Gasteiger partial charge in [0.1, 0.15) is 5.76 Å². The first-order chi connectivity index (χ1) is 17.4. The van der Waals surface area contributed by atoms with E-state index >= 15 is 0 Å². The number of hydrogen-bond acceptors (Lipinski definition) is 3. The molecule has 0 unspecified atom stereocenters. The van der Waals surface area contributed by atoms with Crippen molar-refractivity contribution in [1.82, 2.24) is 0 Å². The normalized spacial score (nSPS) is 16.6. The molecule has 0 saturated carbocycles. The van der Waals surface area contributed by atoms with Gasteiger partial charge in [-0.05, 0) is 76.1 Å². The van der Waals surface area contributed by atoms with E-state index in [-0.39, 0.29) is 23.0 Å². The van der Waals surface area contributed by atoms with Gasteiger partial charge in [-0.2, -0.15) is 0 Å². The Morgan fingerprint density at radius 1 is 0.730 bits per heavy atom. The Labute approximate surface area is 229 Å². The zero-order chi connectivity index (χ0) is 26.1. The van der Waals surface area contributed by atoms with Crippen LogP contribution in [0.3, 0.4) is 0 Å². The second-order valence-corrected chi connectivity index (χ2v) is 15.6. The first-order valence-corrected chi connectivity index (χ1v) is 14.9. The molecule has 1 aliphatic carbocycles. The van der Waals surface area contributed by atoms with Crippen LogP contribution in [0.15, 0.2) is 78.8 Å². The molecule has 2 aliphatic heterocycles. The fourth-order valence-corrected chi connectivity index (χ4v) is 8.82. The third kappa shape index (κ3) is 3.28. The third-order valence-electron chi connectivity index (χ3n) is 8.51. The minimum atomic E-state index is -0.141. The Bertz CT molecular complexity index is 1630. The van der Waals surface area contributed by atoms with E-state index in [1.807, 2.05) is 23.5 Å². The molecule has 0 radical (unpaired) electrons. The first-order valence-electron chi connectivity index (χ1n) is 13.3. The van der Waals surface area contributed by atoms with Crippen molar-refractivity contribution in [2.24, 2.45) is 0 Å². The van der Waals surface area contributed by atoms with Gasteiger partial charge in [-0.3, -0.25) is 0 Å². The minimum Gasteiger partial charge on any atom is -0.453 e. The highest BCUT2D eigenvalue weighted by Gasteiger charge is 2.48. The fraction of sp³-hybridized carbons (Fsp3) is 0.333. The van der Waals surface area contributed by atoms with E-state index in [4.69, 9.17) is 4.42 Å². The highest BCUT2D eigenvalue weighted by molar-refractivity contribution is 8.01. The van der Waals surface area contributed by atoms with E-state index in [1.54, 1.807) is 0 Å². The predicted molar refractivity (Wildman–Crippen MR) is 159 cm³/mol. The molecule has 4 aromatic rings. The van der Waals surface area contributed by atoms with Gasteiger partial charge in [0.05, 0.1) is 0 Å². The maximum absolute atomic E-state index is 6.87. The summed E-state index contributed by atoms with van der Waals surface area (Å²) in [6.07, 6.45) is 0. The molecule has 0 fully saturated rings. The molecule has 1 nitrogen and oxygen atoms in total. The van der Waals surface area contributed by atoms with Gasteiger partial charge in [0.2, 0.25) is 0 Å². The van der Waals surface area contributed by atoms with E-state index in [0.717, 1.165) is 10.9 Å². The van der Waals surface area contributed by atoms with Crippen LogP contribution in [0.5, 0.6) is 0 Å². The zero-order valence-corrected chi connectivity index (χ0v) is 24.6. The van der Waals surface area contributed by atoms with Crippen molar-refractivity contribution in [1.29, 1.82) is 0 Å². The van der Waals surface area contributed by atoms with Gasteiger partial charge in [-0.25, -0.2) is 0 Å². The van der Waals surface area contributed by atoms with Gasteiger partial charge in [-0.1, -0.05) is 107 Å². The summed E-state index contributed by atoms with van der Waals surface area (Å²) >= 11 is 3.80. The van der Waals surface area contributed by atoms with Crippen molar-refractivity contribution in [2.45, 2.75) is 91.4 Å². The lowest BCUT2D eigenvalue weighted by molar-refractivity contribution is 0.385. The minimum absolute atomic E-state index is 0.0851. The molecule has 3 aliphatic rings. The number of fused-ring (bicyclic) bond motifs is 8. The molecule has 37 heavy (non-hydrogen) atoms. The Kier molecular flexibility index (Phi) is 4.77. The monoisotopic (exact) mass is 520 g/mol. The summed E-state index contributed by atoms with van der Waals surface area (Å²) in [5.74, 6) is 1.13. The van der Waals surface area contributed by atoms with E-state index in [2.05, 4.69) is 110 Å². The van der Waals surface area contributed by atoms with Crippen molar-refractivity contribution in [2.75, 3.05) is 0 Å². The van der Waals surface area contributed by atoms with Crippen LogP contribution in [0.25, 0.3) is 11.1 Å². The molecule has 3 aromatic carbocycles. The molecule has 0 atom stereocenters. The first kappa shape index (κ1) is 23.8. The predicted octanol–water partition coefficient (Wildman–Crippen LogP) is 7.63. The van der Waals surface area contributed by atoms with Gasteiger partial charge < -0.3 is 4.42 Å². The Hall–Kier alpha value is -2.30. The number of rotatable bonds is 0. The van der Waals surface area contributed by atoms with Crippen LogP contribution in [0.4, 0.5) is 0 Å². The molecule has 1 aromatic heterocycles. The third-order valence-corrected chi connectivity index (χ3v) is 10.7. The summed E-state index contributed by atoms with van der Waals surface area (Å²) < 4.78 is 6.87. The van der Waals surface area contributed by atoms with Gasteiger partial charge >= 0.3 is 0 Å². The molecule has 0 saturated heterocycles. The second kappa shape index (κ2) is 7.42. The van der Waals surface area contributed by atoms with E-state index in [9.17, 15) is 0 Å². The van der Waals surface area contributed by atoms with Gasteiger partial charge in [-0.15, -0.1) is 0 Å². The Morgan fingerprint density at radius 2 is 1.38 bits per heavy atom. The lowest BCUT2D eigenvalue weighted by Crippen LogP contribution is -2.58. The molecule has 0 amide bonds. The van der Waals surface area contributed by atoms with Crippen molar-refractivity contribution in [3.8, 4) is 11.1 Å². The summed E-state index contributed by atoms with van der Waals surface area (Å²) in [5.41, 5.74) is 11.2. The van der Waals surface area contributed by atoms with Crippen molar-refractivity contribution in [3.63, 3.8) is 0 Å². The largest absolute Gasteiger partial charge is 0.453 e. The molecular formula is C33H33BOS2. The average molecular weight is 521 g/mol. The highest BCUT2D eigenvalue weighted by Crippen LogP contribution is 2.52. The smallest absolute Gasteiger partial charge is 0.252 e. The van der Waals surface area contributed by atoms with Crippen LogP contribution in [0.1, 0.15) is 77.8 Å². The number of furan rings is 1. The number of hydrogen-bond donors (Lipinski definition) is 0. The second-order valence-electron chi connectivity index (χ2n) is 13.5. The van der Waals surface area contributed by atoms with Crippen molar-refractivity contribution >= 4 is 46.6 Å². The average Bonchev–Trinajstić information content (AvgIpc) is 3.31. The topological polar surface area (TPSA) is 13.1 Å². The van der Waals surface area contributed by atoms with E-state index in [0.29, 0.717) is 0 Å². The molecule has 0 spiro atoms. The summed E-state index contributed by atoms with van der Waals surface area (Å²) in [7, 11) is 0. The summed E-state index contributed by atoms with van der Waals surface area (Å²) in [6.45, 7) is 18.7. The molecule has 7 rings (SSSR count). The highest BCUT2D eigenvalue weighted by atomic mass is 32.2. The van der Waals surface area contributed by atoms with Gasteiger partial charge in [0, 0.05) is 25.7 Å². The van der Waals surface area contributed by atoms with Crippen molar-refractivity contribution < 1.29 is 4.42 Å². The molecule has 186 valence electrons. The van der Waals surface area contributed by atoms with Gasteiger partial charge in [0.15, 0.2) is 5.09 Å². The maximum Gasteiger partial charge on any atom is 0.252 e. The van der Waals surface area contributed by atoms with Crippen LogP contribution in [-0.2, 0) is 16.2 Å². The summed E-state index contributed by atoms with van der Waals surface area (Å²) in [4.78, 5) is 4.15. The molecule has 0 bridgehead atoms. The molecule has 0 N–H and O–H groups in total. The van der Waals surface area contributed by atoms with Crippen LogP contribution >= 0.6 is 23.5 Å². The standard InChI is InChI=1S/C33H33BOS2/c1-31(2,3)18-13-14-22-23(15-18)36-24-16-19(32(4,5)6)17-25-27(24)34(22)28-26-20-11-9-10-12-21(20)33(7,8)29(26)35-30(28)37-25/h9-17H,1-8H3. The molecule has 4 heteroatoms. The molecule has 3 heterocycles. The van der Waals surface area contributed by atoms with Crippen LogP contribution < -0.4 is 16.4 Å². The lowest BCUT2D eigenvalue weighted by Gasteiger charge is -2.34. The quantitative estimate of drug-likeness (QED) is 0.191. The zero-order valence-electron chi connectivity index (χ0n) is 23.0. The SMILES string of the molecule is CC(C)(C)c1ccc2c(c1)Sc1cc(C(C)(C)C)cc3c1B2c1c(oc2c1-c1ccccc1C2(C)C)S3. The van der Waals surface area contributed by atoms with Crippen LogP contribution in [0, 0.1) is 0 Å². The lowest BCUT2D eigenvalue weighted by atomic mass is 9.36. The van der Waals surface area contributed by atoms with Crippen LogP contribution in [-0.4, -0.2) is 6.71 Å². The van der Waals surface area contributed by atoms with Crippen LogP contribution in [0.2, 0.25) is 0 Å². The summed E-state index contributed by atoms with van der Waals surface area (Å²) in [6, 6.07) is 21.0. The van der Waals surface area contributed by atoms with Crippen molar-refractivity contribution in [3.05, 3.63) is 77.0 Å². The summed E-state index contributed by atoms with van der Waals surface area (Å²) in [5, 5.41) is 1.08.